The molecule has 0 amide bonds. The van der Waals surface area contributed by atoms with E-state index >= 15 is 0 Å². The lowest BCUT2D eigenvalue weighted by Gasteiger charge is -2.06. The minimum atomic E-state index is -0.402. The van der Waals surface area contributed by atoms with E-state index in [1.54, 1.807) is 0 Å². The molecule has 108 valence electrons. The standard InChI is InChI=1S/C22H14O/c1-2-8-15(9-3-1)19-14-16-10-4-5-11-17(16)21-18-12-6-7-13-20(18)23-22(19)21/h1-14H/i1D,2D,3D,8D,9D. The first-order valence-corrected chi connectivity index (χ1v) is 7.39. The van der Waals surface area contributed by atoms with E-state index < -0.39 is 6.04 Å². The van der Waals surface area contributed by atoms with Crippen LogP contribution < -0.4 is 0 Å². The third-order valence-corrected chi connectivity index (χ3v) is 4.14. The monoisotopic (exact) mass is 299 g/mol. The van der Waals surface area contributed by atoms with Crippen LogP contribution in [-0.4, -0.2) is 0 Å². The average Bonchev–Trinajstić information content (AvgIpc) is 3.11. The van der Waals surface area contributed by atoms with Crippen LogP contribution in [0.1, 0.15) is 6.85 Å². The molecule has 0 radical (unpaired) electrons. The molecule has 0 atom stereocenters. The molecule has 0 unspecified atom stereocenters. The Morgan fingerprint density at radius 1 is 0.783 bits per heavy atom. The highest BCUT2D eigenvalue weighted by Gasteiger charge is 2.15. The molecule has 1 nitrogen and oxygen atoms in total. The van der Waals surface area contributed by atoms with Gasteiger partial charge in [0.15, 0.2) is 0 Å². The molecule has 0 aliphatic carbocycles. The Balaban J connectivity index is 2.05. The zero-order chi connectivity index (χ0) is 19.6. The number of hydrogen-bond donors (Lipinski definition) is 0. The van der Waals surface area contributed by atoms with Crippen molar-refractivity contribution in [3.05, 3.63) is 84.8 Å². The Morgan fingerprint density at radius 2 is 1.52 bits per heavy atom. The van der Waals surface area contributed by atoms with Crippen LogP contribution in [0.15, 0.2) is 89.2 Å². The summed E-state index contributed by atoms with van der Waals surface area (Å²) >= 11 is 0. The van der Waals surface area contributed by atoms with Gasteiger partial charge in [-0.3, -0.25) is 0 Å². The predicted molar refractivity (Wildman–Crippen MR) is 96.7 cm³/mol. The highest BCUT2D eigenvalue weighted by molar-refractivity contribution is 6.22. The summed E-state index contributed by atoms with van der Waals surface area (Å²) in [5.41, 5.74) is 1.88. The summed E-state index contributed by atoms with van der Waals surface area (Å²) in [6.07, 6.45) is 0. The van der Waals surface area contributed by atoms with Gasteiger partial charge in [0.1, 0.15) is 11.2 Å². The Hall–Kier alpha value is -3.06. The first kappa shape index (κ1) is 8.54. The molecule has 0 N–H and O–H groups in total. The Kier molecular flexibility index (Phi) is 1.75. The fourth-order valence-corrected chi connectivity index (χ4v) is 3.14. The summed E-state index contributed by atoms with van der Waals surface area (Å²) in [5.74, 6) is 0. The number of furan rings is 1. The van der Waals surface area contributed by atoms with E-state index in [-0.39, 0.29) is 29.7 Å². The molecule has 0 aliphatic rings. The lowest BCUT2D eigenvalue weighted by molar-refractivity contribution is 0.670. The Bertz CT molecular complexity index is 1390. The minimum Gasteiger partial charge on any atom is -0.455 e. The third kappa shape index (κ3) is 1.80. The van der Waals surface area contributed by atoms with Gasteiger partial charge in [-0.15, -0.1) is 0 Å². The van der Waals surface area contributed by atoms with Crippen molar-refractivity contribution >= 4 is 32.7 Å². The maximum Gasteiger partial charge on any atom is 0.143 e. The summed E-state index contributed by atoms with van der Waals surface area (Å²) in [7, 11) is 0. The summed E-state index contributed by atoms with van der Waals surface area (Å²) in [4.78, 5) is 0. The number of fused-ring (bicyclic) bond motifs is 5. The average molecular weight is 299 g/mol. The van der Waals surface area contributed by atoms with E-state index in [1.807, 2.05) is 54.6 Å². The third-order valence-electron chi connectivity index (χ3n) is 4.14. The second-order valence-corrected chi connectivity index (χ2v) is 5.45. The van der Waals surface area contributed by atoms with Crippen molar-refractivity contribution < 1.29 is 11.3 Å². The molecule has 0 saturated carbocycles. The molecule has 23 heavy (non-hydrogen) atoms. The van der Waals surface area contributed by atoms with E-state index in [4.69, 9.17) is 11.3 Å². The van der Waals surface area contributed by atoms with Crippen LogP contribution in [0.4, 0.5) is 0 Å². The molecule has 0 bridgehead atoms. The van der Waals surface area contributed by atoms with Crippen molar-refractivity contribution in [2.24, 2.45) is 0 Å². The van der Waals surface area contributed by atoms with Gasteiger partial charge < -0.3 is 4.42 Å². The highest BCUT2D eigenvalue weighted by Crippen LogP contribution is 2.40. The van der Waals surface area contributed by atoms with Crippen LogP contribution in [0.5, 0.6) is 0 Å². The van der Waals surface area contributed by atoms with Crippen LogP contribution in [0.2, 0.25) is 0 Å². The summed E-state index contributed by atoms with van der Waals surface area (Å²) < 4.78 is 46.8. The van der Waals surface area contributed by atoms with Gasteiger partial charge in [-0.2, -0.15) is 0 Å². The van der Waals surface area contributed by atoms with Crippen molar-refractivity contribution in [2.45, 2.75) is 0 Å². The molecule has 1 aromatic heterocycles. The van der Waals surface area contributed by atoms with Crippen LogP contribution in [0.25, 0.3) is 43.8 Å². The zero-order valence-corrected chi connectivity index (χ0v) is 12.1. The van der Waals surface area contributed by atoms with Crippen LogP contribution in [0.3, 0.4) is 0 Å². The van der Waals surface area contributed by atoms with E-state index in [1.165, 1.54) is 0 Å². The van der Waals surface area contributed by atoms with Crippen molar-refractivity contribution in [3.63, 3.8) is 0 Å². The molecular formula is C22H14O. The van der Waals surface area contributed by atoms with Gasteiger partial charge in [0.2, 0.25) is 0 Å². The summed E-state index contributed by atoms with van der Waals surface area (Å²) in [6.45, 7) is 0. The quantitative estimate of drug-likeness (QED) is 0.349. The van der Waals surface area contributed by atoms with E-state index in [2.05, 4.69) is 0 Å². The van der Waals surface area contributed by atoms with Crippen LogP contribution in [-0.2, 0) is 0 Å². The van der Waals surface area contributed by atoms with Crippen LogP contribution >= 0.6 is 0 Å². The molecule has 5 rings (SSSR count). The molecule has 1 heterocycles. The van der Waals surface area contributed by atoms with Crippen molar-refractivity contribution in [1.82, 2.24) is 0 Å². The van der Waals surface area contributed by atoms with Gasteiger partial charge in [0.05, 0.1) is 6.85 Å². The fraction of sp³-hybridized carbons (Fsp3) is 0. The highest BCUT2D eigenvalue weighted by atomic mass is 16.3. The van der Waals surface area contributed by atoms with Gasteiger partial charge in [-0.25, -0.2) is 0 Å². The second kappa shape index (κ2) is 4.72. The van der Waals surface area contributed by atoms with Gasteiger partial charge in [0, 0.05) is 16.3 Å². The molecule has 4 aromatic carbocycles. The largest absolute Gasteiger partial charge is 0.455 e. The lowest BCUT2D eigenvalue weighted by Crippen LogP contribution is -1.81. The number of rotatable bonds is 1. The fourth-order valence-electron chi connectivity index (χ4n) is 3.14. The first-order valence-electron chi connectivity index (χ1n) is 9.89. The van der Waals surface area contributed by atoms with Gasteiger partial charge >= 0.3 is 0 Å². The molecule has 0 fully saturated rings. The summed E-state index contributed by atoms with van der Waals surface area (Å²) in [6, 6.07) is 15.8. The number of benzene rings is 4. The normalized spacial score (nSPS) is 14.5. The Morgan fingerprint density at radius 3 is 2.39 bits per heavy atom. The SMILES string of the molecule is [2H]c1c([2H])c([2H])c(-c2cc3ccccc3c3c2oc2ccccc23)c([2H])c1[2H]. The topological polar surface area (TPSA) is 13.1 Å². The van der Waals surface area contributed by atoms with Gasteiger partial charge in [0.25, 0.3) is 0 Å². The Labute approximate surface area is 140 Å². The molecule has 5 aromatic rings. The smallest absolute Gasteiger partial charge is 0.143 e. The minimum absolute atomic E-state index is 0.154. The maximum atomic E-state index is 8.38. The van der Waals surface area contributed by atoms with E-state index in [0.717, 1.165) is 21.5 Å². The van der Waals surface area contributed by atoms with E-state index in [9.17, 15) is 0 Å². The molecule has 0 spiro atoms. The lowest BCUT2D eigenvalue weighted by atomic mass is 9.96. The molecule has 1 heteroatoms. The number of hydrogen-bond acceptors (Lipinski definition) is 1. The van der Waals surface area contributed by atoms with Crippen LogP contribution in [0, 0.1) is 0 Å². The first-order chi connectivity index (χ1) is 13.5. The second-order valence-electron chi connectivity index (χ2n) is 5.45. The molecular weight excluding hydrogens is 280 g/mol. The van der Waals surface area contributed by atoms with E-state index in [0.29, 0.717) is 16.7 Å². The number of para-hydroxylation sites is 1. The predicted octanol–water partition coefficient (Wildman–Crippen LogP) is 6.41. The van der Waals surface area contributed by atoms with Gasteiger partial charge in [-0.1, -0.05) is 72.7 Å². The molecule has 0 aliphatic heterocycles. The van der Waals surface area contributed by atoms with Crippen molar-refractivity contribution in [1.29, 1.82) is 0 Å². The zero-order valence-electron chi connectivity index (χ0n) is 17.1. The maximum absolute atomic E-state index is 8.38. The van der Waals surface area contributed by atoms with Gasteiger partial charge in [-0.05, 0) is 28.5 Å². The van der Waals surface area contributed by atoms with Crippen molar-refractivity contribution in [3.8, 4) is 11.1 Å². The van der Waals surface area contributed by atoms with Crippen molar-refractivity contribution in [2.75, 3.05) is 0 Å². The summed E-state index contributed by atoms with van der Waals surface area (Å²) in [5, 5.41) is 3.74. The molecule has 0 saturated heterocycles.